The van der Waals surface area contributed by atoms with Crippen molar-refractivity contribution >= 4 is 15.9 Å². The molecule has 4 heteroatoms. The Labute approximate surface area is 104 Å². The summed E-state index contributed by atoms with van der Waals surface area (Å²) in [5.74, 6) is -0.190. The highest BCUT2D eigenvalue weighted by molar-refractivity contribution is 9.10. The van der Waals surface area contributed by atoms with Crippen LogP contribution in [0, 0.1) is 17.7 Å². The van der Waals surface area contributed by atoms with Crippen molar-refractivity contribution < 1.29 is 9.50 Å². The monoisotopic (exact) mass is 289 g/mol. The van der Waals surface area contributed by atoms with Gasteiger partial charge in [0.25, 0.3) is 0 Å². The Balaban J connectivity index is 3.03. The second-order valence-electron chi connectivity index (χ2n) is 4.23. The first kappa shape index (κ1) is 13.6. The van der Waals surface area contributed by atoms with Gasteiger partial charge in [-0.2, -0.15) is 0 Å². The third-order valence-electron chi connectivity index (χ3n) is 2.83. The second-order valence-corrected chi connectivity index (χ2v) is 5.02. The molecule has 0 aromatic heterocycles. The lowest BCUT2D eigenvalue weighted by molar-refractivity contribution is 0.0851. The maximum Gasteiger partial charge on any atom is 0.137 e. The van der Waals surface area contributed by atoms with Crippen LogP contribution < -0.4 is 5.73 Å². The molecule has 0 aliphatic heterocycles. The number of nitrogens with two attached hydrogens (primary N) is 1. The molecule has 0 bridgehead atoms. The van der Waals surface area contributed by atoms with Gasteiger partial charge in [0.15, 0.2) is 0 Å². The van der Waals surface area contributed by atoms with Crippen LogP contribution in [0.5, 0.6) is 0 Å². The molecule has 0 saturated carbocycles. The molecule has 0 amide bonds. The maximum atomic E-state index is 13.3. The Hall–Kier alpha value is -0.450. The summed E-state index contributed by atoms with van der Waals surface area (Å²) < 4.78 is 13.6. The number of aliphatic hydroxyl groups excluding tert-OH is 1. The van der Waals surface area contributed by atoms with Gasteiger partial charge in [-0.25, -0.2) is 4.39 Å². The highest BCUT2D eigenvalue weighted by Crippen LogP contribution is 2.33. The van der Waals surface area contributed by atoms with Crippen LogP contribution in [-0.2, 0) is 0 Å². The van der Waals surface area contributed by atoms with E-state index in [4.69, 9.17) is 5.73 Å². The zero-order chi connectivity index (χ0) is 12.3. The number of benzene rings is 1. The number of hydrogen-bond acceptors (Lipinski definition) is 2. The van der Waals surface area contributed by atoms with Gasteiger partial charge in [0.1, 0.15) is 5.82 Å². The van der Waals surface area contributed by atoms with Crippen molar-refractivity contribution in [3.63, 3.8) is 0 Å². The summed E-state index contributed by atoms with van der Waals surface area (Å²) in [6.07, 6.45) is -0.741. The lowest BCUT2D eigenvalue weighted by atomic mass is 9.86. The molecule has 0 heterocycles. The quantitative estimate of drug-likeness (QED) is 0.895. The molecule has 2 atom stereocenters. The second kappa shape index (κ2) is 5.75. The topological polar surface area (TPSA) is 46.2 Å². The van der Waals surface area contributed by atoms with Crippen LogP contribution in [-0.4, -0.2) is 11.7 Å². The summed E-state index contributed by atoms with van der Waals surface area (Å²) in [6, 6.07) is 4.66. The Morgan fingerprint density at radius 3 is 2.56 bits per heavy atom. The molecule has 1 rings (SSSR count). The third-order valence-corrected chi connectivity index (χ3v) is 3.67. The van der Waals surface area contributed by atoms with Crippen molar-refractivity contribution in [3.8, 4) is 0 Å². The molecule has 0 spiro atoms. The largest absolute Gasteiger partial charge is 0.388 e. The lowest BCUT2D eigenvalue weighted by Crippen LogP contribution is -2.27. The van der Waals surface area contributed by atoms with E-state index in [0.29, 0.717) is 16.6 Å². The van der Waals surface area contributed by atoms with Crippen LogP contribution in [0.25, 0.3) is 0 Å². The molecule has 2 unspecified atom stereocenters. The minimum absolute atomic E-state index is 0.0712. The van der Waals surface area contributed by atoms with Crippen molar-refractivity contribution in [2.45, 2.75) is 20.0 Å². The molecule has 0 radical (unpaired) electrons. The molecule has 2 nitrogen and oxygen atoms in total. The molecule has 16 heavy (non-hydrogen) atoms. The molecule has 3 N–H and O–H groups in total. The summed E-state index contributed by atoms with van der Waals surface area (Å²) in [5.41, 5.74) is 6.19. The van der Waals surface area contributed by atoms with E-state index in [0.717, 1.165) is 0 Å². The number of halogens is 2. The lowest BCUT2D eigenvalue weighted by Gasteiger charge is -2.26. The van der Waals surface area contributed by atoms with Crippen molar-refractivity contribution in [3.05, 3.63) is 34.1 Å². The van der Waals surface area contributed by atoms with E-state index in [2.05, 4.69) is 15.9 Å². The predicted molar refractivity (Wildman–Crippen MR) is 66.4 cm³/mol. The van der Waals surface area contributed by atoms with Gasteiger partial charge in [-0.1, -0.05) is 26.0 Å². The van der Waals surface area contributed by atoms with E-state index >= 15 is 0 Å². The van der Waals surface area contributed by atoms with Gasteiger partial charge in [-0.05, 0) is 40.0 Å². The molecule has 0 saturated heterocycles. The standard InChI is InChI=1S/C12H17BrFNO/c1-7(2)9(6-15)12(16)8-4-3-5-10(14)11(8)13/h3-5,7,9,12,16H,6,15H2,1-2H3. The van der Waals surface area contributed by atoms with Gasteiger partial charge < -0.3 is 10.8 Å². The van der Waals surface area contributed by atoms with Crippen LogP contribution in [0.1, 0.15) is 25.5 Å². The Kier molecular flexibility index (Phi) is 4.89. The van der Waals surface area contributed by atoms with E-state index in [1.807, 2.05) is 13.8 Å². The summed E-state index contributed by atoms with van der Waals surface area (Å²) in [5, 5.41) is 10.2. The van der Waals surface area contributed by atoms with E-state index < -0.39 is 6.10 Å². The van der Waals surface area contributed by atoms with Gasteiger partial charge in [0.2, 0.25) is 0 Å². The van der Waals surface area contributed by atoms with Crippen LogP contribution in [0.2, 0.25) is 0 Å². The fourth-order valence-corrected chi connectivity index (χ4v) is 2.24. The maximum absolute atomic E-state index is 13.3. The number of hydrogen-bond donors (Lipinski definition) is 2. The molecule has 0 aliphatic rings. The molecular weight excluding hydrogens is 273 g/mol. The third kappa shape index (κ3) is 2.81. The first-order valence-corrected chi connectivity index (χ1v) is 6.10. The zero-order valence-corrected chi connectivity index (χ0v) is 11.0. The van der Waals surface area contributed by atoms with Crippen LogP contribution in [0.15, 0.2) is 22.7 Å². The van der Waals surface area contributed by atoms with Crippen molar-refractivity contribution in [1.82, 2.24) is 0 Å². The van der Waals surface area contributed by atoms with Gasteiger partial charge >= 0.3 is 0 Å². The minimum Gasteiger partial charge on any atom is -0.388 e. The summed E-state index contributed by atoms with van der Waals surface area (Å²) >= 11 is 3.15. The molecule has 90 valence electrons. The van der Waals surface area contributed by atoms with Gasteiger partial charge in [-0.3, -0.25) is 0 Å². The zero-order valence-electron chi connectivity index (χ0n) is 9.45. The minimum atomic E-state index is -0.741. The van der Waals surface area contributed by atoms with Crippen molar-refractivity contribution in [2.24, 2.45) is 17.6 Å². The fourth-order valence-electron chi connectivity index (χ4n) is 1.75. The summed E-state index contributed by atoms with van der Waals surface area (Å²) in [6.45, 7) is 4.36. The van der Waals surface area contributed by atoms with E-state index in [-0.39, 0.29) is 17.7 Å². The number of rotatable bonds is 4. The number of aliphatic hydroxyl groups is 1. The fraction of sp³-hybridized carbons (Fsp3) is 0.500. The van der Waals surface area contributed by atoms with Gasteiger partial charge in [-0.15, -0.1) is 0 Å². The van der Waals surface area contributed by atoms with E-state index in [9.17, 15) is 9.50 Å². The first-order chi connectivity index (χ1) is 7.49. The highest BCUT2D eigenvalue weighted by Gasteiger charge is 2.25. The molecule has 1 aromatic carbocycles. The average Bonchev–Trinajstić information content (AvgIpc) is 2.22. The SMILES string of the molecule is CC(C)C(CN)C(O)c1cccc(F)c1Br. The Bertz CT molecular complexity index is 357. The summed E-state index contributed by atoms with van der Waals surface area (Å²) in [7, 11) is 0. The summed E-state index contributed by atoms with van der Waals surface area (Å²) in [4.78, 5) is 0. The molecule has 0 fully saturated rings. The van der Waals surface area contributed by atoms with Gasteiger partial charge in [0, 0.05) is 5.92 Å². The van der Waals surface area contributed by atoms with Crippen LogP contribution in [0.4, 0.5) is 4.39 Å². The normalized spacial score (nSPS) is 15.2. The van der Waals surface area contributed by atoms with Gasteiger partial charge in [0.05, 0.1) is 10.6 Å². The highest BCUT2D eigenvalue weighted by atomic mass is 79.9. The Morgan fingerprint density at radius 2 is 2.06 bits per heavy atom. The smallest absolute Gasteiger partial charge is 0.137 e. The predicted octanol–water partition coefficient (Wildman–Crippen LogP) is 2.85. The van der Waals surface area contributed by atoms with Crippen molar-refractivity contribution in [2.75, 3.05) is 6.54 Å². The average molecular weight is 290 g/mol. The molecule has 0 aliphatic carbocycles. The first-order valence-electron chi connectivity index (χ1n) is 5.31. The van der Waals surface area contributed by atoms with E-state index in [1.54, 1.807) is 12.1 Å². The van der Waals surface area contributed by atoms with Crippen LogP contribution >= 0.6 is 15.9 Å². The van der Waals surface area contributed by atoms with E-state index in [1.165, 1.54) is 6.07 Å². The molecular formula is C12H17BrFNO. The Morgan fingerprint density at radius 1 is 1.44 bits per heavy atom. The van der Waals surface area contributed by atoms with Crippen molar-refractivity contribution in [1.29, 1.82) is 0 Å². The molecule has 1 aromatic rings. The van der Waals surface area contributed by atoms with Crippen LogP contribution in [0.3, 0.4) is 0 Å².